The first kappa shape index (κ1) is 12.8. The molecule has 0 aliphatic carbocycles. The van der Waals surface area contributed by atoms with Gasteiger partial charge in [-0.25, -0.2) is 14.8 Å². The third kappa shape index (κ3) is 2.98. The lowest BCUT2D eigenvalue weighted by Gasteiger charge is -2.11. The Hall–Kier alpha value is -2.63. The van der Waals surface area contributed by atoms with Crippen molar-refractivity contribution in [1.29, 1.82) is 0 Å². The summed E-state index contributed by atoms with van der Waals surface area (Å²) in [5.41, 5.74) is 1.71. The van der Waals surface area contributed by atoms with Crippen LogP contribution in [-0.2, 0) is 0 Å². The first-order valence-corrected chi connectivity index (χ1v) is 5.57. The van der Waals surface area contributed by atoms with E-state index in [0.29, 0.717) is 11.6 Å². The molecule has 0 spiro atoms. The summed E-state index contributed by atoms with van der Waals surface area (Å²) in [5, 5.41) is 11.9. The average Bonchev–Trinajstić information content (AvgIpc) is 2.39. The van der Waals surface area contributed by atoms with Crippen molar-refractivity contribution in [2.45, 2.75) is 6.92 Å². The molecule has 0 aliphatic rings. The molecule has 6 heteroatoms. The number of aryl methyl sites for hydroxylation is 1. The van der Waals surface area contributed by atoms with E-state index < -0.39 is 5.97 Å². The molecule has 0 saturated carbocycles. The maximum absolute atomic E-state index is 10.8. The molecule has 19 heavy (non-hydrogen) atoms. The number of ether oxygens (including phenoxy) is 1. The topological polar surface area (TPSA) is 84.3 Å². The number of aromatic carboxylic acids is 1. The molecule has 0 amide bonds. The highest BCUT2D eigenvalue weighted by Gasteiger charge is 2.08. The summed E-state index contributed by atoms with van der Waals surface area (Å²) >= 11 is 0. The molecular weight excluding hydrogens is 246 g/mol. The van der Waals surface area contributed by atoms with Crippen LogP contribution in [0.25, 0.3) is 0 Å². The zero-order chi connectivity index (χ0) is 13.8. The van der Waals surface area contributed by atoms with Crippen LogP contribution in [0.1, 0.15) is 16.1 Å². The summed E-state index contributed by atoms with van der Waals surface area (Å²) in [6.45, 7) is 1.95. The second kappa shape index (κ2) is 5.34. The van der Waals surface area contributed by atoms with Gasteiger partial charge in [-0.15, -0.1) is 0 Å². The van der Waals surface area contributed by atoms with Gasteiger partial charge in [0.25, 0.3) is 0 Å². The molecule has 2 aromatic rings. The van der Waals surface area contributed by atoms with Gasteiger partial charge in [0.2, 0.25) is 0 Å². The van der Waals surface area contributed by atoms with Gasteiger partial charge in [0.05, 0.1) is 12.8 Å². The molecule has 6 nitrogen and oxygen atoms in total. The maximum Gasteiger partial charge on any atom is 0.354 e. The third-order valence-corrected chi connectivity index (χ3v) is 2.50. The van der Waals surface area contributed by atoms with Crippen LogP contribution in [0, 0.1) is 6.92 Å². The lowest BCUT2D eigenvalue weighted by atomic mass is 10.2. The highest BCUT2D eigenvalue weighted by atomic mass is 16.5. The average molecular weight is 259 g/mol. The highest BCUT2D eigenvalue weighted by Crippen LogP contribution is 2.27. The number of carboxylic acid groups (broad SMARTS) is 1. The van der Waals surface area contributed by atoms with E-state index in [0.717, 1.165) is 11.3 Å². The number of methoxy groups -OCH3 is 1. The monoisotopic (exact) mass is 259 g/mol. The standard InChI is InChI=1S/C13H13N3O3/c1-8-3-4-11(19-2)9(5-8)16-12-6-10(13(17)18)14-7-15-12/h3-7H,1-2H3,(H,17,18)(H,14,15,16). The molecule has 2 rings (SSSR count). The molecular formula is C13H13N3O3. The summed E-state index contributed by atoms with van der Waals surface area (Å²) in [5.74, 6) is -0.0426. The number of carboxylic acids is 1. The molecule has 1 aromatic heterocycles. The van der Waals surface area contributed by atoms with Crippen LogP contribution in [-0.4, -0.2) is 28.2 Å². The molecule has 0 fully saturated rings. The second-order valence-corrected chi connectivity index (χ2v) is 3.92. The van der Waals surface area contributed by atoms with E-state index in [1.807, 2.05) is 25.1 Å². The predicted molar refractivity (Wildman–Crippen MR) is 70.0 cm³/mol. The molecule has 1 heterocycles. The summed E-state index contributed by atoms with van der Waals surface area (Å²) in [6, 6.07) is 7.01. The smallest absolute Gasteiger partial charge is 0.354 e. The minimum atomic E-state index is -1.10. The van der Waals surface area contributed by atoms with Gasteiger partial charge in [-0.1, -0.05) is 6.07 Å². The number of rotatable bonds is 4. The van der Waals surface area contributed by atoms with Gasteiger partial charge in [0, 0.05) is 6.07 Å². The Labute approximate surface area is 110 Å². The molecule has 98 valence electrons. The maximum atomic E-state index is 10.8. The Bertz CT molecular complexity index is 614. The van der Waals surface area contributed by atoms with Crippen LogP contribution in [0.5, 0.6) is 5.75 Å². The predicted octanol–water partition coefficient (Wildman–Crippen LogP) is 2.24. The molecule has 0 radical (unpaired) electrons. The van der Waals surface area contributed by atoms with Gasteiger partial charge in [-0.05, 0) is 24.6 Å². The van der Waals surface area contributed by atoms with Gasteiger partial charge >= 0.3 is 5.97 Å². The van der Waals surface area contributed by atoms with Gasteiger partial charge in [0.1, 0.15) is 17.9 Å². The summed E-state index contributed by atoms with van der Waals surface area (Å²) < 4.78 is 5.23. The number of anilines is 2. The quantitative estimate of drug-likeness (QED) is 0.875. The zero-order valence-electron chi connectivity index (χ0n) is 10.5. The lowest BCUT2D eigenvalue weighted by Crippen LogP contribution is -2.03. The number of carbonyl (C=O) groups is 1. The molecule has 0 saturated heterocycles. The minimum absolute atomic E-state index is 0.0656. The lowest BCUT2D eigenvalue weighted by molar-refractivity contribution is 0.0690. The molecule has 2 N–H and O–H groups in total. The zero-order valence-corrected chi connectivity index (χ0v) is 10.5. The number of hydrogen-bond donors (Lipinski definition) is 2. The summed E-state index contributed by atoms with van der Waals surface area (Å²) in [7, 11) is 1.57. The van der Waals surface area contributed by atoms with Crippen LogP contribution in [0.2, 0.25) is 0 Å². The Balaban J connectivity index is 2.33. The van der Waals surface area contributed by atoms with E-state index in [1.165, 1.54) is 12.4 Å². The first-order chi connectivity index (χ1) is 9.10. The Kier molecular flexibility index (Phi) is 3.61. The summed E-state index contributed by atoms with van der Waals surface area (Å²) in [6.07, 6.45) is 1.20. The summed E-state index contributed by atoms with van der Waals surface area (Å²) in [4.78, 5) is 18.5. The number of benzene rings is 1. The van der Waals surface area contributed by atoms with Crippen LogP contribution in [0.15, 0.2) is 30.6 Å². The molecule has 1 aromatic carbocycles. The fourth-order valence-corrected chi connectivity index (χ4v) is 1.60. The molecule has 0 bridgehead atoms. The van der Waals surface area contributed by atoms with Gasteiger partial charge in [-0.3, -0.25) is 0 Å². The van der Waals surface area contributed by atoms with Crippen molar-refractivity contribution in [3.05, 3.63) is 41.9 Å². The van der Waals surface area contributed by atoms with Gasteiger partial charge < -0.3 is 15.2 Å². The SMILES string of the molecule is COc1ccc(C)cc1Nc1cc(C(=O)O)ncn1. The number of nitrogens with one attached hydrogen (secondary N) is 1. The van der Waals surface area contributed by atoms with E-state index in [9.17, 15) is 4.79 Å². The van der Waals surface area contributed by atoms with E-state index in [2.05, 4.69) is 15.3 Å². The molecule has 0 unspecified atom stereocenters. The fourth-order valence-electron chi connectivity index (χ4n) is 1.60. The van der Waals surface area contributed by atoms with Crippen LogP contribution >= 0.6 is 0 Å². The van der Waals surface area contributed by atoms with Crippen LogP contribution < -0.4 is 10.1 Å². The van der Waals surface area contributed by atoms with Crippen molar-refractivity contribution < 1.29 is 14.6 Å². The third-order valence-electron chi connectivity index (χ3n) is 2.50. The van der Waals surface area contributed by atoms with E-state index in [4.69, 9.17) is 9.84 Å². The Morgan fingerprint density at radius 3 is 2.79 bits per heavy atom. The van der Waals surface area contributed by atoms with Crippen molar-refractivity contribution in [2.75, 3.05) is 12.4 Å². The van der Waals surface area contributed by atoms with Crippen molar-refractivity contribution in [2.24, 2.45) is 0 Å². The number of hydrogen-bond acceptors (Lipinski definition) is 5. The van der Waals surface area contributed by atoms with Crippen molar-refractivity contribution in [3.63, 3.8) is 0 Å². The largest absolute Gasteiger partial charge is 0.495 e. The van der Waals surface area contributed by atoms with Crippen LogP contribution in [0.3, 0.4) is 0 Å². The fraction of sp³-hybridized carbons (Fsp3) is 0.154. The Morgan fingerprint density at radius 2 is 2.11 bits per heavy atom. The van der Waals surface area contributed by atoms with E-state index in [-0.39, 0.29) is 5.69 Å². The second-order valence-electron chi connectivity index (χ2n) is 3.92. The van der Waals surface area contributed by atoms with E-state index in [1.54, 1.807) is 7.11 Å². The minimum Gasteiger partial charge on any atom is -0.495 e. The van der Waals surface area contributed by atoms with Crippen molar-refractivity contribution in [3.8, 4) is 5.75 Å². The molecule has 0 atom stereocenters. The van der Waals surface area contributed by atoms with Crippen molar-refractivity contribution in [1.82, 2.24) is 9.97 Å². The first-order valence-electron chi connectivity index (χ1n) is 5.57. The number of aromatic nitrogens is 2. The normalized spacial score (nSPS) is 10.0. The number of nitrogens with zero attached hydrogens (tertiary/aromatic N) is 2. The van der Waals surface area contributed by atoms with E-state index >= 15 is 0 Å². The van der Waals surface area contributed by atoms with Crippen molar-refractivity contribution >= 4 is 17.5 Å². The molecule has 0 aliphatic heterocycles. The van der Waals surface area contributed by atoms with Gasteiger partial charge in [-0.2, -0.15) is 0 Å². The Morgan fingerprint density at radius 1 is 1.32 bits per heavy atom. The van der Waals surface area contributed by atoms with Crippen LogP contribution in [0.4, 0.5) is 11.5 Å². The highest BCUT2D eigenvalue weighted by molar-refractivity contribution is 5.86. The van der Waals surface area contributed by atoms with Gasteiger partial charge in [0.15, 0.2) is 5.69 Å².